The summed E-state index contributed by atoms with van der Waals surface area (Å²) < 4.78 is 16.9. The second-order valence-electron chi connectivity index (χ2n) is 7.11. The summed E-state index contributed by atoms with van der Waals surface area (Å²) in [5.74, 6) is 1.50. The number of morpholine rings is 1. The number of ether oxygens (including phenoxy) is 3. The summed E-state index contributed by atoms with van der Waals surface area (Å²) >= 11 is 6.20. The lowest BCUT2D eigenvalue weighted by Crippen LogP contribution is -3.14. The van der Waals surface area contributed by atoms with Crippen molar-refractivity contribution in [3.8, 4) is 11.5 Å². The largest absolute Gasteiger partial charge is 0.493 e. The molecule has 0 radical (unpaired) electrons. The van der Waals surface area contributed by atoms with E-state index in [9.17, 15) is 0 Å². The summed E-state index contributed by atoms with van der Waals surface area (Å²) in [6.45, 7) is 7.84. The van der Waals surface area contributed by atoms with Crippen molar-refractivity contribution in [1.29, 1.82) is 0 Å². The van der Waals surface area contributed by atoms with Gasteiger partial charge >= 0.3 is 0 Å². The first-order chi connectivity index (χ1) is 13.8. The Hall–Kier alpha value is -1.79. The van der Waals surface area contributed by atoms with Crippen LogP contribution < -0.4 is 19.7 Å². The number of nitrogens with one attached hydrogen (secondary N) is 1. The highest BCUT2D eigenvalue weighted by molar-refractivity contribution is 6.31. The van der Waals surface area contributed by atoms with Gasteiger partial charge in [-0.2, -0.15) is 0 Å². The van der Waals surface area contributed by atoms with Crippen LogP contribution in [0.25, 0.3) is 0 Å². The number of halogens is 1. The summed E-state index contributed by atoms with van der Waals surface area (Å²) in [6.07, 6.45) is 1.23. The molecule has 0 unspecified atom stereocenters. The molecule has 1 aliphatic heterocycles. The van der Waals surface area contributed by atoms with E-state index in [0.717, 1.165) is 56.5 Å². The Morgan fingerprint density at radius 1 is 1.11 bits per heavy atom. The quantitative estimate of drug-likeness (QED) is 0.585. The van der Waals surface area contributed by atoms with E-state index < -0.39 is 0 Å². The van der Waals surface area contributed by atoms with Crippen LogP contribution in [0.2, 0.25) is 5.02 Å². The first kappa shape index (κ1) is 20.9. The van der Waals surface area contributed by atoms with Crippen LogP contribution in [0.15, 0.2) is 42.5 Å². The zero-order chi connectivity index (χ0) is 19.6. The molecule has 152 valence electrons. The van der Waals surface area contributed by atoms with E-state index in [2.05, 4.69) is 17.4 Å². The molecule has 3 N–H and O–H groups in total. The SMILES string of the molecule is COc1cc(C[NH2+]CCC[NH+]2CCOCC2)ccc1OCc1ccccc1Cl. The van der Waals surface area contributed by atoms with E-state index in [4.69, 9.17) is 25.8 Å². The van der Waals surface area contributed by atoms with Gasteiger partial charge in [-0.15, -0.1) is 0 Å². The van der Waals surface area contributed by atoms with Crippen LogP contribution in [-0.2, 0) is 17.9 Å². The van der Waals surface area contributed by atoms with Gasteiger partial charge in [-0.25, -0.2) is 0 Å². The summed E-state index contributed by atoms with van der Waals surface area (Å²) in [5.41, 5.74) is 2.20. The van der Waals surface area contributed by atoms with Gasteiger partial charge in [-0.3, -0.25) is 0 Å². The molecule has 1 saturated heterocycles. The van der Waals surface area contributed by atoms with Crippen molar-refractivity contribution < 1.29 is 24.4 Å². The van der Waals surface area contributed by atoms with E-state index in [1.807, 2.05) is 30.3 Å². The van der Waals surface area contributed by atoms with Crippen molar-refractivity contribution in [3.05, 3.63) is 58.6 Å². The molecule has 0 aliphatic carbocycles. The molecule has 0 bridgehead atoms. The number of benzene rings is 2. The predicted octanol–water partition coefficient (Wildman–Crippen LogP) is 1.30. The summed E-state index contributed by atoms with van der Waals surface area (Å²) in [5, 5.41) is 3.07. The van der Waals surface area contributed by atoms with Gasteiger partial charge in [0, 0.05) is 22.6 Å². The van der Waals surface area contributed by atoms with Crippen LogP contribution in [0.4, 0.5) is 0 Å². The monoisotopic (exact) mass is 406 g/mol. The molecular formula is C22H31ClN2O3+2. The van der Waals surface area contributed by atoms with E-state index >= 15 is 0 Å². The number of nitrogens with two attached hydrogens (primary N) is 1. The van der Waals surface area contributed by atoms with Gasteiger partial charge in [0.2, 0.25) is 0 Å². The third-order valence-electron chi connectivity index (χ3n) is 5.09. The fourth-order valence-electron chi connectivity index (χ4n) is 3.40. The standard InChI is InChI=1S/C22H29ClN2O3/c1-26-22-15-18(16-24-9-4-10-25-11-13-27-14-12-25)7-8-21(22)28-17-19-5-2-3-6-20(19)23/h2-3,5-8,15,24H,4,9-14,16-17H2,1H3/p+2. The Kier molecular flexibility index (Phi) is 8.42. The topological polar surface area (TPSA) is 48.7 Å². The smallest absolute Gasteiger partial charge is 0.161 e. The van der Waals surface area contributed by atoms with Crippen molar-refractivity contribution in [2.75, 3.05) is 46.5 Å². The predicted molar refractivity (Wildman–Crippen MR) is 110 cm³/mol. The number of methoxy groups -OCH3 is 1. The minimum atomic E-state index is 0.422. The molecule has 0 atom stereocenters. The average molecular weight is 407 g/mol. The second kappa shape index (κ2) is 11.3. The second-order valence-corrected chi connectivity index (χ2v) is 7.52. The summed E-state index contributed by atoms with van der Waals surface area (Å²) in [7, 11) is 1.68. The number of hydrogen-bond donors (Lipinski definition) is 2. The van der Waals surface area contributed by atoms with Crippen LogP contribution in [0.3, 0.4) is 0 Å². The molecule has 0 saturated carbocycles. The lowest BCUT2D eigenvalue weighted by Gasteiger charge is -2.23. The fraction of sp³-hybridized carbons (Fsp3) is 0.455. The number of quaternary nitrogens is 2. The maximum Gasteiger partial charge on any atom is 0.161 e. The molecule has 6 heteroatoms. The zero-order valence-electron chi connectivity index (χ0n) is 16.6. The van der Waals surface area contributed by atoms with Crippen molar-refractivity contribution in [2.45, 2.75) is 19.6 Å². The van der Waals surface area contributed by atoms with Gasteiger partial charge in [0.05, 0.1) is 33.4 Å². The molecule has 0 aromatic heterocycles. The van der Waals surface area contributed by atoms with Crippen LogP contribution in [0.5, 0.6) is 11.5 Å². The Morgan fingerprint density at radius 2 is 1.93 bits per heavy atom. The molecule has 0 amide bonds. The summed E-state index contributed by atoms with van der Waals surface area (Å²) in [4.78, 5) is 1.67. The van der Waals surface area contributed by atoms with Crippen molar-refractivity contribution >= 4 is 11.6 Å². The Morgan fingerprint density at radius 3 is 2.71 bits per heavy atom. The van der Waals surface area contributed by atoms with E-state index in [1.54, 1.807) is 12.0 Å². The lowest BCUT2D eigenvalue weighted by atomic mass is 10.2. The van der Waals surface area contributed by atoms with Crippen LogP contribution in [0, 0.1) is 0 Å². The van der Waals surface area contributed by atoms with E-state index in [-0.39, 0.29) is 0 Å². The molecule has 1 aliphatic rings. The molecular weight excluding hydrogens is 376 g/mol. The molecule has 0 spiro atoms. The van der Waals surface area contributed by atoms with Gasteiger partial charge in [0.1, 0.15) is 26.2 Å². The highest BCUT2D eigenvalue weighted by Gasteiger charge is 2.13. The Bertz CT molecular complexity index is 735. The number of rotatable bonds is 10. The first-order valence-corrected chi connectivity index (χ1v) is 10.4. The van der Waals surface area contributed by atoms with Crippen molar-refractivity contribution in [3.63, 3.8) is 0 Å². The minimum absolute atomic E-state index is 0.422. The molecule has 2 aromatic rings. The van der Waals surface area contributed by atoms with Gasteiger partial charge in [0.15, 0.2) is 11.5 Å². The lowest BCUT2D eigenvalue weighted by molar-refractivity contribution is -0.909. The maximum absolute atomic E-state index is 6.20. The minimum Gasteiger partial charge on any atom is -0.493 e. The number of hydrogen-bond acceptors (Lipinski definition) is 3. The normalized spacial score (nSPS) is 14.8. The molecule has 1 fully saturated rings. The fourth-order valence-corrected chi connectivity index (χ4v) is 3.59. The van der Waals surface area contributed by atoms with Crippen LogP contribution >= 0.6 is 11.6 Å². The van der Waals surface area contributed by atoms with Crippen molar-refractivity contribution in [2.24, 2.45) is 0 Å². The first-order valence-electron chi connectivity index (χ1n) is 10.0. The Balaban J connectivity index is 1.44. The maximum atomic E-state index is 6.20. The highest BCUT2D eigenvalue weighted by atomic mass is 35.5. The third-order valence-corrected chi connectivity index (χ3v) is 5.46. The summed E-state index contributed by atoms with van der Waals surface area (Å²) in [6, 6.07) is 13.9. The van der Waals surface area contributed by atoms with E-state index in [0.29, 0.717) is 11.6 Å². The van der Waals surface area contributed by atoms with E-state index in [1.165, 1.54) is 18.5 Å². The van der Waals surface area contributed by atoms with Gasteiger partial charge in [-0.05, 0) is 24.3 Å². The van der Waals surface area contributed by atoms with Crippen LogP contribution in [-0.4, -0.2) is 46.5 Å². The van der Waals surface area contributed by atoms with Gasteiger partial charge in [0.25, 0.3) is 0 Å². The van der Waals surface area contributed by atoms with Gasteiger partial charge in [-0.1, -0.05) is 29.8 Å². The molecule has 3 rings (SSSR count). The Labute approximate surface area is 172 Å². The third kappa shape index (κ3) is 6.38. The zero-order valence-corrected chi connectivity index (χ0v) is 17.3. The average Bonchev–Trinajstić information content (AvgIpc) is 2.74. The highest BCUT2D eigenvalue weighted by Crippen LogP contribution is 2.29. The van der Waals surface area contributed by atoms with Gasteiger partial charge < -0.3 is 24.4 Å². The molecule has 5 nitrogen and oxygen atoms in total. The molecule has 28 heavy (non-hydrogen) atoms. The molecule has 1 heterocycles. The van der Waals surface area contributed by atoms with Crippen molar-refractivity contribution in [1.82, 2.24) is 0 Å². The van der Waals surface area contributed by atoms with Crippen LogP contribution in [0.1, 0.15) is 17.5 Å². The molecule has 2 aromatic carbocycles.